The molecule has 3 unspecified atom stereocenters. The van der Waals surface area contributed by atoms with E-state index in [0.717, 1.165) is 128 Å². The molecular weight excluding hydrogens is 1680 g/mol. The van der Waals surface area contributed by atoms with Gasteiger partial charge in [-0.25, -0.2) is 18.7 Å². The molecule has 6 aliphatic heterocycles. The number of aliphatic hydroxyl groups is 13. The highest BCUT2D eigenvalue weighted by molar-refractivity contribution is 7.61. The van der Waals surface area contributed by atoms with Gasteiger partial charge in [-0.05, 0) is 212 Å². The van der Waals surface area contributed by atoms with E-state index in [0.29, 0.717) is 18.4 Å². The van der Waals surface area contributed by atoms with E-state index in [9.17, 15) is 105 Å². The molecule has 125 heavy (non-hydrogen) atoms. The third kappa shape index (κ3) is 34.8. The van der Waals surface area contributed by atoms with Crippen molar-refractivity contribution >= 4 is 27.6 Å². The number of phosphoric acid groups is 2. The summed E-state index contributed by atoms with van der Waals surface area (Å²) >= 11 is 0. The smallest absolute Gasteiger partial charge is 0.479 e. The lowest BCUT2D eigenvalue weighted by molar-refractivity contribution is -0.405. The summed E-state index contributed by atoms with van der Waals surface area (Å²) in [7, 11) is -11.3. The molecule has 0 amide bonds. The molecule has 0 radical (unpaired) electrons. The van der Waals surface area contributed by atoms with Crippen LogP contribution in [0.15, 0.2) is 128 Å². The summed E-state index contributed by atoms with van der Waals surface area (Å²) in [4.78, 5) is 45.7. The van der Waals surface area contributed by atoms with Crippen molar-refractivity contribution in [2.24, 2.45) is 0 Å². The number of aliphatic hydroxyl groups excluding tert-OH is 13. The second-order valence-electron chi connectivity index (χ2n) is 33.9. The largest absolute Gasteiger partial charge is 0.483 e. The number of ether oxygens (including phenoxy) is 11. The Morgan fingerprint density at radius 3 is 1.13 bits per heavy atom. The number of phosphoric ester groups is 2. The predicted octanol–water partition coefficient (Wildman–Crippen LogP) is 8.52. The first-order valence-electron chi connectivity index (χ1n) is 43.1. The van der Waals surface area contributed by atoms with E-state index in [1.807, 2.05) is 6.92 Å². The van der Waals surface area contributed by atoms with Crippen molar-refractivity contribution in [2.75, 3.05) is 33.0 Å². The molecule has 0 spiro atoms. The van der Waals surface area contributed by atoms with Gasteiger partial charge in [0.15, 0.2) is 37.6 Å². The molecule has 6 aliphatic rings. The lowest BCUT2D eigenvalue weighted by Crippen LogP contribution is -2.69. The molecule has 714 valence electrons. The first kappa shape index (κ1) is 109. The van der Waals surface area contributed by atoms with Crippen LogP contribution in [-0.4, -0.2) is 291 Å². The van der Waals surface area contributed by atoms with Gasteiger partial charge < -0.3 is 138 Å². The summed E-state index contributed by atoms with van der Waals surface area (Å²) in [6.07, 6.45) is -8.49. The highest BCUT2D eigenvalue weighted by Crippen LogP contribution is 2.61. The third-order valence-electron chi connectivity index (χ3n) is 23.0. The summed E-state index contributed by atoms with van der Waals surface area (Å²) in [5.74, 6) is -5.81. The lowest BCUT2D eigenvalue weighted by Gasteiger charge is -2.50. The van der Waals surface area contributed by atoms with Crippen LogP contribution in [0.4, 0.5) is 0 Å². The third-order valence-corrected chi connectivity index (χ3v) is 25.6. The minimum atomic E-state index is -5.82. The van der Waals surface area contributed by atoms with E-state index >= 15 is 0 Å². The van der Waals surface area contributed by atoms with Crippen LogP contribution in [0.3, 0.4) is 0 Å². The lowest BCUT2D eigenvalue weighted by atomic mass is 9.95. The van der Waals surface area contributed by atoms with Crippen molar-refractivity contribution in [2.45, 2.75) is 378 Å². The monoisotopic (exact) mass is 1820 g/mol. The molecule has 0 saturated carbocycles. The molecular formula is C88H142O35P2. The Morgan fingerprint density at radius 1 is 0.376 bits per heavy atom. The van der Waals surface area contributed by atoms with Gasteiger partial charge in [0.1, 0.15) is 116 Å². The minimum absolute atomic E-state index is 0.447. The van der Waals surface area contributed by atoms with E-state index in [4.69, 9.17) is 61.2 Å². The molecule has 0 aromatic carbocycles. The average molecular weight is 1820 g/mol. The number of carboxylic acid groups (broad SMARTS) is 2. The van der Waals surface area contributed by atoms with E-state index < -0.39 is 220 Å². The zero-order chi connectivity index (χ0) is 92.8. The highest BCUT2D eigenvalue weighted by atomic mass is 31.3. The summed E-state index contributed by atoms with van der Waals surface area (Å²) in [5.41, 5.74) is 14.5. The van der Waals surface area contributed by atoms with Crippen molar-refractivity contribution in [1.29, 1.82) is 0 Å². The van der Waals surface area contributed by atoms with E-state index in [1.165, 1.54) is 50.2 Å². The van der Waals surface area contributed by atoms with Crippen molar-refractivity contribution in [1.82, 2.24) is 0 Å². The normalized spacial score (nSPS) is 34.8. The van der Waals surface area contributed by atoms with Gasteiger partial charge in [-0.15, -0.1) is 0 Å². The van der Waals surface area contributed by atoms with Gasteiger partial charge in [-0.3, -0.25) is 9.05 Å². The first-order chi connectivity index (χ1) is 59.0. The summed E-state index contributed by atoms with van der Waals surface area (Å²) in [5, 5.41) is 164. The van der Waals surface area contributed by atoms with E-state index in [2.05, 4.69) is 134 Å². The predicted molar refractivity (Wildman–Crippen MR) is 456 cm³/mol. The fraction of sp³-hybridized carbons (Fsp3) is 0.727. The standard InChI is InChI=1S/C88H142O35P2/c1-14-50(2)25-15-26-51(3)27-16-28-52(4)29-17-30-53(5)31-18-32-54(6)33-19-34-55(7)35-20-36-56(8)37-21-38-57(9)39-22-40-58(10)41-23-42-59(11)43-24-44-60(12)48-111-124(106,107)123-125(108,109)122-85-73(100)68(95)75(63(47-91)114-85)116-84-74(101)77(66(93)62(46-90)112-84)117-86-79(67(94)65(92)61(45-89)113-86)119-83-72(99)70(97)78(80(120-83)81(102)103)118-82-71(98)69(96)76-64(115-82)49-110-88(13,121-76)87(104)105/h14,26,28,30,32,34,36,38,40,42,44,61-80,82-86,89-101H,15-25,27,29,31,33,35,37,39,41,43,45-49H2,1-13H3,(H,102,103)(H,104,105)(H,106,107)(H,108,109)/b50-14-,51-26-,52-28-,53-30-,54-32-,55-34-,56-36-,57-38-,58-40+,59-42+,60-44+/t61-,62-,63-,64-,65-,66-,67+,68-,69-,70-,71+,72-,73-,74-,75-,76-,77+,78+,79+,80+,82+,83-,84+,85-,86-,88?/m1/s1. The Labute approximate surface area is 733 Å². The molecule has 37 heteroatoms. The molecule has 6 saturated heterocycles. The van der Waals surface area contributed by atoms with Gasteiger partial charge in [-0.2, -0.15) is 4.31 Å². The molecule has 0 aromatic heterocycles. The number of rotatable bonds is 50. The number of aliphatic carboxylic acids is 2. The number of fused-ring (bicyclic) bond motifs is 1. The van der Waals surface area contributed by atoms with E-state index in [1.54, 1.807) is 13.0 Å². The second-order valence-corrected chi connectivity index (χ2v) is 36.9. The van der Waals surface area contributed by atoms with Gasteiger partial charge in [-0.1, -0.05) is 128 Å². The average Bonchev–Trinajstić information content (AvgIpc) is 0.766. The van der Waals surface area contributed by atoms with Crippen molar-refractivity contribution in [3.8, 4) is 0 Å². The van der Waals surface area contributed by atoms with Gasteiger partial charge in [0.2, 0.25) is 0 Å². The van der Waals surface area contributed by atoms with Gasteiger partial charge >= 0.3 is 27.6 Å². The van der Waals surface area contributed by atoms with Gasteiger partial charge in [0, 0.05) is 6.92 Å². The zero-order valence-electron chi connectivity index (χ0n) is 74.3. The van der Waals surface area contributed by atoms with Crippen LogP contribution in [-0.2, 0) is 84.2 Å². The van der Waals surface area contributed by atoms with Gasteiger partial charge in [0.05, 0.1) is 33.0 Å². The quantitative estimate of drug-likeness (QED) is 0.0200. The number of carboxylic acids is 2. The number of carbonyl (C=O) groups is 2. The second kappa shape index (κ2) is 53.2. The molecule has 28 atom stereocenters. The molecule has 0 aliphatic carbocycles. The Kier molecular flexibility index (Phi) is 46.4. The maximum atomic E-state index is 13.3. The van der Waals surface area contributed by atoms with Crippen LogP contribution in [0.2, 0.25) is 0 Å². The SMILES string of the molecule is C/C=C(/C)CC/C=C(/C)CC/C=C(/C)CC/C=C(/C)CC/C=C(/C)CC/C=C(/C)CC/C=C(/C)CC/C=C(/C)CC/C=C(\C)CC/C=C(\C)CC/C=C(\C)COP(=O)(O)OP(=O)(O)O[C@H]1O[C@H](CO)[C@@H](O[C@@H]2O[C@H](CO)[C@@H](O)[C@H](O[C@H]3O[C@H](CO)[C@@H](O)[C@H](O)[C@@H]3O[C@@H]3O[C@H](C(=O)O)[C@@H](O[C@@H]4O[C@@H]5COC(C)(C(=O)O)O[C@H]5[C@H](O)[C@@H]4O)[C@H](O)[C@H]3O)[C@H]2O)[C@H](O)[C@H]1O. The fourth-order valence-corrected chi connectivity index (χ4v) is 17.1. The molecule has 17 N–H and O–H groups in total. The number of allylic oxidation sites excluding steroid dienone is 21. The summed E-state index contributed by atoms with van der Waals surface area (Å²) in [6.45, 7) is 22.2. The molecule has 6 heterocycles. The Balaban J connectivity index is 0.889. The molecule has 35 nitrogen and oxygen atoms in total. The zero-order valence-corrected chi connectivity index (χ0v) is 76.1. The maximum absolute atomic E-state index is 13.3. The molecule has 0 aromatic rings. The van der Waals surface area contributed by atoms with Crippen molar-refractivity contribution < 1.29 is 171 Å². The van der Waals surface area contributed by atoms with Crippen LogP contribution >= 0.6 is 15.6 Å². The van der Waals surface area contributed by atoms with E-state index in [-0.39, 0.29) is 0 Å². The highest BCUT2D eigenvalue weighted by Gasteiger charge is 2.60. The summed E-state index contributed by atoms with van der Waals surface area (Å²) in [6, 6.07) is 0. The minimum Gasteiger partial charge on any atom is -0.479 e. The molecule has 6 fully saturated rings. The van der Waals surface area contributed by atoms with Crippen LogP contribution in [0.25, 0.3) is 0 Å². The number of hydrogen-bond acceptors (Lipinski definition) is 31. The molecule has 0 bridgehead atoms. The fourth-order valence-electron chi connectivity index (χ4n) is 14.9. The molecule has 6 rings (SSSR count). The number of hydrogen-bond donors (Lipinski definition) is 17. The van der Waals surface area contributed by atoms with Crippen LogP contribution < -0.4 is 0 Å². The van der Waals surface area contributed by atoms with Gasteiger partial charge in [0.25, 0.3) is 5.79 Å². The summed E-state index contributed by atoms with van der Waals surface area (Å²) < 4.78 is 102. The maximum Gasteiger partial charge on any atom is 0.483 e. The Hall–Kier alpha value is -4.62. The van der Waals surface area contributed by atoms with Crippen LogP contribution in [0.5, 0.6) is 0 Å². The van der Waals surface area contributed by atoms with Crippen molar-refractivity contribution in [3.63, 3.8) is 0 Å². The topological polar surface area (TPSA) is 541 Å². The van der Waals surface area contributed by atoms with Crippen LogP contribution in [0.1, 0.15) is 218 Å². The Morgan fingerprint density at radius 2 is 0.712 bits per heavy atom. The first-order valence-corrected chi connectivity index (χ1v) is 46.1. The van der Waals surface area contributed by atoms with Crippen molar-refractivity contribution in [3.05, 3.63) is 128 Å². The van der Waals surface area contributed by atoms with Crippen LogP contribution in [0, 0.1) is 0 Å². The Bertz CT molecular complexity index is 3830.